The molecule has 80 valence electrons. The molecule has 1 saturated carbocycles. The first-order valence-corrected chi connectivity index (χ1v) is 4.82. The molecule has 1 aromatic rings. The molecular formula is C10H9BF3O-. The highest BCUT2D eigenvalue weighted by molar-refractivity contribution is 6.73. The fourth-order valence-corrected chi connectivity index (χ4v) is 1.45. The minimum atomic E-state index is -4.95. The molecular weight excluding hydrogens is 204 g/mol. The van der Waals surface area contributed by atoms with Gasteiger partial charge in [-0.15, -0.1) is 5.46 Å². The Kier molecular flexibility index (Phi) is 2.33. The molecule has 0 heterocycles. The predicted molar refractivity (Wildman–Crippen MR) is 52.2 cm³/mol. The van der Waals surface area contributed by atoms with Gasteiger partial charge in [-0.1, -0.05) is 24.3 Å². The second-order valence-corrected chi connectivity index (χ2v) is 3.84. The summed E-state index contributed by atoms with van der Waals surface area (Å²) < 4.78 is 36.8. The van der Waals surface area contributed by atoms with Gasteiger partial charge in [0.15, 0.2) is 5.78 Å². The van der Waals surface area contributed by atoms with Crippen LogP contribution in [-0.4, -0.2) is 12.8 Å². The van der Waals surface area contributed by atoms with Crippen LogP contribution in [0.2, 0.25) is 0 Å². The molecule has 0 radical (unpaired) electrons. The first kappa shape index (κ1) is 10.3. The Bertz CT molecular complexity index is 379. The van der Waals surface area contributed by atoms with Crippen molar-refractivity contribution in [1.82, 2.24) is 0 Å². The zero-order chi connectivity index (χ0) is 11.1. The number of carbonyl (C=O) groups excluding carboxylic acids is 1. The van der Waals surface area contributed by atoms with E-state index in [4.69, 9.17) is 0 Å². The van der Waals surface area contributed by atoms with Gasteiger partial charge in [-0.25, -0.2) is 0 Å². The summed E-state index contributed by atoms with van der Waals surface area (Å²) in [5.41, 5.74) is -0.261. The Morgan fingerprint density at radius 1 is 1.13 bits per heavy atom. The standard InChI is InChI=1S/C10H9BF3O/c12-11(13,14)9-5-3-8(4-6-9)10(15)7-1-2-7/h3-7H,1-2H2/q-1. The summed E-state index contributed by atoms with van der Waals surface area (Å²) in [6.45, 7) is -4.95. The van der Waals surface area contributed by atoms with E-state index in [2.05, 4.69) is 0 Å². The Labute approximate surface area is 85.3 Å². The molecule has 0 bridgehead atoms. The van der Waals surface area contributed by atoms with E-state index < -0.39 is 12.4 Å². The van der Waals surface area contributed by atoms with Gasteiger partial charge in [0.1, 0.15) is 0 Å². The topological polar surface area (TPSA) is 17.1 Å². The average Bonchev–Trinajstić information content (AvgIpc) is 2.99. The predicted octanol–water partition coefficient (Wildman–Crippen LogP) is 2.33. The van der Waals surface area contributed by atoms with Crippen molar-refractivity contribution in [3.8, 4) is 0 Å². The number of carbonyl (C=O) groups is 1. The van der Waals surface area contributed by atoms with E-state index in [1.807, 2.05) is 0 Å². The van der Waals surface area contributed by atoms with Crippen LogP contribution in [0, 0.1) is 5.92 Å². The maximum atomic E-state index is 12.3. The Morgan fingerprint density at radius 2 is 1.67 bits per heavy atom. The SMILES string of the molecule is O=C(c1ccc([B-](F)(F)F)cc1)C1CC1. The first-order valence-electron chi connectivity index (χ1n) is 4.82. The van der Waals surface area contributed by atoms with Crippen LogP contribution in [0.15, 0.2) is 24.3 Å². The maximum absolute atomic E-state index is 12.3. The van der Waals surface area contributed by atoms with E-state index in [0.29, 0.717) is 5.56 Å². The van der Waals surface area contributed by atoms with Crippen molar-refractivity contribution >= 4 is 18.2 Å². The van der Waals surface area contributed by atoms with Crippen LogP contribution in [0.4, 0.5) is 12.9 Å². The molecule has 0 unspecified atom stereocenters. The van der Waals surface area contributed by atoms with Crippen LogP contribution < -0.4 is 5.46 Å². The fraction of sp³-hybridized carbons (Fsp3) is 0.300. The van der Waals surface area contributed by atoms with Gasteiger partial charge < -0.3 is 12.9 Å². The molecule has 1 aliphatic rings. The van der Waals surface area contributed by atoms with Crippen molar-refractivity contribution < 1.29 is 17.7 Å². The number of hydrogen-bond acceptors (Lipinski definition) is 1. The molecule has 15 heavy (non-hydrogen) atoms. The highest BCUT2D eigenvalue weighted by Crippen LogP contribution is 2.32. The third kappa shape index (κ3) is 2.22. The number of halogens is 3. The quantitative estimate of drug-likeness (QED) is 0.556. The minimum absolute atomic E-state index is 0.0313. The molecule has 0 spiro atoms. The Hall–Kier alpha value is -1.26. The van der Waals surface area contributed by atoms with E-state index in [1.54, 1.807) is 0 Å². The normalized spacial score (nSPS) is 16.5. The zero-order valence-electron chi connectivity index (χ0n) is 7.92. The van der Waals surface area contributed by atoms with Crippen LogP contribution in [0.1, 0.15) is 23.2 Å². The van der Waals surface area contributed by atoms with Crippen LogP contribution in [0.3, 0.4) is 0 Å². The number of hydrogen-bond donors (Lipinski definition) is 0. The number of ketones is 1. The summed E-state index contributed by atoms with van der Waals surface area (Å²) in [7, 11) is 0. The summed E-state index contributed by atoms with van der Waals surface area (Å²) >= 11 is 0. The third-order valence-corrected chi connectivity index (χ3v) is 2.52. The molecule has 1 aromatic carbocycles. The first-order chi connectivity index (χ1) is 6.98. The number of Topliss-reactive ketones (excluding diaryl/α,β-unsaturated/α-hetero) is 1. The molecule has 5 heteroatoms. The number of rotatable bonds is 3. The summed E-state index contributed by atoms with van der Waals surface area (Å²) in [6, 6.07) is 4.50. The Balaban J connectivity index is 2.20. The molecule has 1 nitrogen and oxygen atoms in total. The monoisotopic (exact) mass is 213 g/mol. The van der Waals surface area contributed by atoms with Crippen LogP contribution >= 0.6 is 0 Å². The number of benzene rings is 1. The molecule has 0 aliphatic heterocycles. The second kappa shape index (κ2) is 3.40. The van der Waals surface area contributed by atoms with Crippen molar-refractivity contribution in [1.29, 1.82) is 0 Å². The molecule has 0 atom stereocenters. The van der Waals surface area contributed by atoms with Gasteiger partial charge in [0.2, 0.25) is 0 Å². The van der Waals surface area contributed by atoms with Crippen LogP contribution in [0.25, 0.3) is 0 Å². The summed E-state index contributed by atoms with van der Waals surface area (Å²) in [4.78, 5) is 11.5. The van der Waals surface area contributed by atoms with Gasteiger partial charge in [-0.05, 0) is 12.8 Å². The van der Waals surface area contributed by atoms with Gasteiger partial charge in [0.25, 0.3) is 0 Å². The lowest BCUT2D eigenvalue weighted by Crippen LogP contribution is -2.33. The van der Waals surface area contributed by atoms with Crippen molar-refractivity contribution in [2.24, 2.45) is 5.92 Å². The molecule has 0 N–H and O–H groups in total. The second-order valence-electron chi connectivity index (χ2n) is 3.84. The lowest BCUT2D eigenvalue weighted by atomic mass is 9.79. The van der Waals surface area contributed by atoms with Crippen LogP contribution in [0.5, 0.6) is 0 Å². The minimum Gasteiger partial charge on any atom is -0.445 e. The van der Waals surface area contributed by atoms with Gasteiger partial charge in [0, 0.05) is 11.5 Å². The Morgan fingerprint density at radius 3 is 2.07 bits per heavy atom. The summed E-state index contributed by atoms with van der Waals surface area (Å²) in [5, 5.41) is 0. The molecule has 1 aliphatic carbocycles. The molecule has 0 saturated heterocycles. The van der Waals surface area contributed by atoms with Crippen molar-refractivity contribution in [3.05, 3.63) is 29.8 Å². The highest BCUT2D eigenvalue weighted by Gasteiger charge is 2.31. The van der Waals surface area contributed by atoms with Gasteiger partial charge in [0.05, 0.1) is 0 Å². The summed E-state index contributed by atoms with van der Waals surface area (Å²) in [6.07, 6.45) is 1.73. The van der Waals surface area contributed by atoms with Gasteiger partial charge >= 0.3 is 6.98 Å². The van der Waals surface area contributed by atoms with E-state index in [0.717, 1.165) is 25.0 Å². The lowest BCUT2D eigenvalue weighted by molar-refractivity contribution is 0.0967. The summed E-state index contributed by atoms with van der Waals surface area (Å²) in [5.74, 6) is 0.0171. The molecule has 0 amide bonds. The van der Waals surface area contributed by atoms with Gasteiger partial charge in [-0.2, -0.15) is 0 Å². The van der Waals surface area contributed by atoms with Gasteiger partial charge in [-0.3, -0.25) is 4.79 Å². The lowest BCUT2D eigenvalue weighted by Gasteiger charge is -2.14. The highest BCUT2D eigenvalue weighted by atomic mass is 19.4. The third-order valence-electron chi connectivity index (χ3n) is 2.52. The van der Waals surface area contributed by atoms with Crippen LogP contribution in [-0.2, 0) is 0 Å². The molecule has 0 aromatic heterocycles. The molecule has 1 fully saturated rings. The van der Waals surface area contributed by atoms with E-state index >= 15 is 0 Å². The van der Waals surface area contributed by atoms with Crippen molar-refractivity contribution in [2.75, 3.05) is 0 Å². The van der Waals surface area contributed by atoms with E-state index in [1.165, 1.54) is 12.1 Å². The van der Waals surface area contributed by atoms with E-state index in [-0.39, 0.29) is 11.7 Å². The molecule has 2 rings (SSSR count). The smallest absolute Gasteiger partial charge is 0.445 e. The zero-order valence-corrected chi connectivity index (χ0v) is 7.92. The maximum Gasteiger partial charge on any atom is 0.509 e. The fourth-order valence-electron chi connectivity index (χ4n) is 1.45. The van der Waals surface area contributed by atoms with Crippen molar-refractivity contribution in [3.63, 3.8) is 0 Å². The van der Waals surface area contributed by atoms with E-state index in [9.17, 15) is 17.7 Å². The van der Waals surface area contributed by atoms with Crippen molar-refractivity contribution in [2.45, 2.75) is 12.8 Å². The average molecular weight is 213 g/mol. The largest absolute Gasteiger partial charge is 0.509 e.